The van der Waals surface area contributed by atoms with E-state index in [-0.39, 0.29) is 24.7 Å². The molecule has 0 bridgehead atoms. The number of amides is 3. The van der Waals surface area contributed by atoms with Crippen LogP contribution in [0.1, 0.15) is 53.5 Å². The van der Waals surface area contributed by atoms with Crippen molar-refractivity contribution in [3.63, 3.8) is 0 Å². The first-order valence-electron chi connectivity index (χ1n) is 11.3. The number of ether oxygens (including phenoxy) is 2. The molecule has 10 nitrogen and oxygen atoms in total. The standard InChI is InChI=1S/C24H37N3O7/c1-7-33-22(31)19(13-16-8-10-17(28)11-9-16)26-20(29)14-25-21(30)18(12-15(2)3)27-23(32)34-24(4,5)6/h8-11,15,18-19,28H,7,12-14H2,1-6H3,(H,25,30)(H,26,29)(H,27,32)/t18-,19+/m1/s1. The van der Waals surface area contributed by atoms with Gasteiger partial charge >= 0.3 is 12.1 Å². The summed E-state index contributed by atoms with van der Waals surface area (Å²) in [6, 6.07) is 4.36. The van der Waals surface area contributed by atoms with Gasteiger partial charge in [-0.2, -0.15) is 0 Å². The second-order valence-electron chi connectivity index (χ2n) is 9.29. The van der Waals surface area contributed by atoms with Crippen molar-refractivity contribution in [3.05, 3.63) is 29.8 Å². The Labute approximate surface area is 200 Å². The molecule has 190 valence electrons. The van der Waals surface area contributed by atoms with Crippen LogP contribution in [0.25, 0.3) is 0 Å². The normalized spacial score (nSPS) is 12.9. The van der Waals surface area contributed by atoms with E-state index < -0.39 is 48.1 Å². The van der Waals surface area contributed by atoms with E-state index in [1.165, 1.54) is 12.1 Å². The van der Waals surface area contributed by atoms with Gasteiger partial charge in [0.25, 0.3) is 0 Å². The maximum absolute atomic E-state index is 12.7. The van der Waals surface area contributed by atoms with Crippen molar-refractivity contribution in [2.75, 3.05) is 13.2 Å². The van der Waals surface area contributed by atoms with E-state index in [1.807, 2.05) is 13.8 Å². The van der Waals surface area contributed by atoms with Gasteiger partial charge in [0.15, 0.2) is 0 Å². The first kappa shape index (κ1) is 28.7. The molecule has 0 fully saturated rings. The van der Waals surface area contributed by atoms with E-state index in [9.17, 15) is 24.3 Å². The molecule has 0 aromatic heterocycles. The van der Waals surface area contributed by atoms with Crippen molar-refractivity contribution in [1.82, 2.24) is 16.0 Å². The smallest absolute Gasteiger partial charge is 0.408 e. The summed E-state index contributed by atoms with van der Waals surface area (Å²) in [6.07, 6.45) is -0.234. The van der Waals surface area contributed by atoms with E-state index in [0.717, 1.165) is 0 Å². The zero-order chi connectivity index (χ0) is 25.9. The average Bonchev–Trinajstić information content (AvgIpc) is 2.71. The lowest BCUT2D eigenvalue weighted by atomic mass is 10.0. The highest BCUT2D eigenvalue weighted by Gasteiger charge is 2.27. The van der Waals surface area contributed by atoms with Crippen molar-refractivity contribution < 1.29 is 33.8 Å². The van der Waals surface area contributed by atoms with Crippen LogP contribution in [0.15, 0.2) is 24.3 Å². The van der Waals surface area contributed by atoms with Crippen LogP contribution in [0, 0.1) is 5.92 Å². The SMILES string of the molecule is CCOC(=O)[C@H](Cc1ccc(O)cc1)NC(=O)CNC(=O)[C@@H](CC(C)C)NC(=O)OC(C)(C)C. The molecule has 4 N–H and O–H groups in total. The summed E-state index contributed by atoms with van der Waals surface area (Å²) in [5, 5.41) is 17.0. The number of benzene rings is 1. The topological polar surface area (TPSA) is 143 Å². The second kappa shape index (κ2) is 13.4. The number of nitrogens with one attached hydrogen (secondary N) is 3. The van der Waals surface area contributed by atoms with Gasteiger partial charge < -0.3 is 30.5 Å². The molecule has 0 radical (unpaired) electrons. The van der Waals surface area contributed by atoms with Crippen LogP contribution in [0.2, 0.25) is 0 Å². The van der Waals surface area contributed by atoms with Gasteiger partial charge in [0.2, 0.25) is 11.8 Å². The highest BCUT2D eigenvalue weighted by atomic mass is 16.6. The van der Waals surface area contributed by atoms with Gasteiger partial charge in [-0.25, -0.2) is 9.59 Å². The van der Waals surface area contributed by atoms with E-state index in [4.69, 9.17) is 9.47 Å². The Bertz CT molecular complexity index is 832. The van der Waals surface area contributed by atoms with Gasteiger partial charge in [0.05, 0.1) is 13.2 Å². The van der Waals surface area contributed by atoms with Gasteiger partial charge in [0, 0.05) is 6.42 Å². The van der Waals surface area contributed by atoms with Crippen molar-refractivity contribution >= 4 is 23.9 Å². The average molecular weight is 480 g/mol. The summed E-state index contributed by atoms with van der Waals surface area (Å²) in [5.41, 5.74) is -0.0126. The van der Waals surface area contributed by atoms with Gasteiger partial charge in [-0.3, -0.25) is 9.59 Å². The molecule has 0 aliphatic carbocycles. The number of hydrogen-bond acceptors (Lipinski definition) is 7. The van der Waals surface area contributed by atoms with E-state index in [0.29, 0.717) is 12.0 Å². The van der Waals surface area contributed by atoms with Crippen LogP contribution in [-0.2, 0) is 30.3 Å². The fourth-order valence-electron chi connectivity index (χ4n) is 2.99. The predicted molar refractivity (Wildman–Crippen MR) is 126 cm³/mol. The third-order valence-corrected chi connectivity index (χ3v) is 4.42. The maximum Gasteiger partial charge on any atom is 0.408 e. The number of carbonyl (C=O) groups is 4. The molecular formula is C24H37N3O7. The van der Waals surface area contributed by atoms with Crippen LogP contribution in [0.5, 0.6) is 5.75 Å². The minimum Gasteiger partial charge on any atom is -0.508 e. The van der Waals surface area contributed by atoms with Gasteiger partial charge in [0.1, 0.15) is 23.4 Å². The molecule has 1 aromatic rings. The summed E-state index contributed by atoms with van der Waals surface area (Å²) >= 11 is 0. The molecular weight excluding hydrogens is 442 g/mol. The quantitative estimate of drug-likeness (QED) is 0.356. The highest BCUT2D eigenvalue weighted by Crippen LogP contribution is 2.12. The molecule has 0 spiro atoms. The minimum absolute atomic E-state index is 0.0825. The summed E-state index contributed by atoms with van der Waals surface area (Å²) < 4.78 is 10.3. The van der Waals surface area contributed by atoms with Crippen LogP contribution in [-0.4, -0.2) is 59.8 Å². The lowest BCUT2D eigenvalue weighted by molar-refractivity contribution is -0.147. The highest BCUT2D eigenvalue weighted by molar-refractivity contribution is 5.91. The first-order chi connectivity index (χ1) is 15.8. The third kappa shape index (κ3) is 11.5. The van der Waals surface area contributed by atoms with Crippen molar-refractivity contribution in [2.24, 2.45) is 5.92 Å². The molecule has 0 saturated carbocycles. The molecule has 0 aliphatic rings. The van der Waals surface area contributed by atoms with Crippen LogP contribution in [0.3, 0.4) is 0 Å². The molecule has 0 saturated heterocycles. The number of carbonyl (C=O) groups excluding carboxylic acids is 4. The molecule has 34 heavy (non-hydrogen) atoms. The van der Waals surface area contributed by atoms with E-state index >= 15 is 0 Å². The molecule has 2 atom stereocenters. The molecule has 3 amide bonds. The monoisotopic (exact) mass is 479 g/mol. The number of phenols is 1. The molecule has 0 heterocycles. The Hall–Kier alpha value is -3.30. The first-order valence-corrected chi connectivity index (χ1v) is 11.3. The zero-order valence-electron chi connectivity index (χ0n) is 20.8. The fourth-order valence-corrected chi connectivity index (χ4v) is 2.99. The third-order valence-electron chi connectivity index (χ3n) is 4.42. The minimum atomic E-state index is -0.972. The Morgan fingerprint density at radius 3 is 2.15 bits per heavy atom. The van der Waals surface area contributed by atoms with Crippen molar-refractivity contribution in [2.45, 2.75) is 72.1 Å². The number of rotatable bonds is 11. The summed E-state index contributed by atoms with van der Waals surface area (Å²) in [4.78, 5) is 49.6. The van der Waals surface area contributed by atoms with E-state index in [1.54, 1.807) is 39.8 Å². The predicted octanol–water partition coefficient (Wildman–Crippen LogP) is 2.04. The van der Waals surface area contributed by atoms with Crippen molar-refractivity contribution in [1.29, 1.82) is 0 Å². The van der Waals surface area contributed by atoms with Crippen molar-refractivity contribution in [3.8, 4) is 5.75 Å². The largest absolute Gasteiger partial charge is 0.508 e. The Morgan fingerprint density at radius 1 is 1.00 bits per heavy atom. The molecule has 0 unspecified atom stereocenters. The van der Waals surface area contributed by atoms with Crippen LogP contribution >= 0.6 is 0 Å². The fraction of sp³-hybridized carbons (Fsp3) is 0.583. The molecule has 1 rings (SSSR count). The van der Waals surface area contributed by atoms with Gasteiger partial charge in [-0.05, 0) is 57.7 Å². The number of aromatic hydroxyl groups is 1. The number of esters is 1. The summed E-state index contributed by atoms with van der Waals surface area (Å²) in [5.74, 6) is -1.57. The van der Waals surface area contributed by atoms with E-state index in [2.05, 4.69) is 16.0 Å². The Kier molecular flexibility index (Phi) is 11.3. The molecule has 10 heteroatoms. The maximum atomic E-state index is 12.7. The Morgan fingerprint density at radius 2 is 1.62 bits per heavy atom. The molecule has 1 aromatic carbocycles. The van der Waals surface area contributed by atoms with Gasteiger partial charge in [-0.1, -0.05) is 26.0 Å². The van der Waals surface area contributed by atoms with Crippen LogP contribution in [0.4, 0.5) is 4.79 Å². The summed E-state index contributed by atoms with van der Waals surface area (Å²) in [7, 11) is 0. The molecule has 0 aliphatic heterocycles. The second-order valence-corrected chi connectivity index (χ2v) is 9.29. The van der Waals surface area contributed by atoms with Gasteiger partial charge in [-0.15, -0.1) is 0 Å². The number of hydrogen-bond donors (Lipinski definition) is 4. The van der Waals surface area contributed by atoms with Crippen LogP contribution < -0.4 is 16.0 Å². The number of alkyl carbamates (subject to hydrolysis) is 1. The zero-order valence-corrected chi connectivity index (χ0v) is 20.8. The summed E-state index contributed by atoms with van der Waals surface area (Å²) in [6.45, 7) is 10.4. The lowest BCUT2D eigenvalue weighted by Crippen LogP contribution is -2.52. The lowest BCUT2D eigenvalue weighted by Gasteiger charge is -2.24. The number of phenolic OH excluding ortho intramolecular Hbond substituents is 1. The Balaban J connectivity index is 2.75.